The smallest absolute Gasteiger partial charge is 0.104 e. The average molecular weight is 208 g/mol. The standard InChI is InChI=1S/C14H24O/c1-13(2,3)8-7-12-9-11(10-15-12)14(4,5)6/h9-10H,7-8H2,1-6H3. The number of rotatable bonds is 2. The molecule has 86 valence electrons. The van der Waals surface area contributed by atoms with Gasteiger partial charge in [-0.1, -0.05) is 41.5 Å². The van der Waals surface area contributed by atoms with Crippen LogP contribution in [0.1, 0.15) is 59.3 Å². The number of furan rings is 1. The Bertz CT molecular complexity index is 307. The molecular weight excluding hydrogens is 184 g/mol. The zero-order chi connectivity index (χ0) is 11.7. The van der Waals surface area contributed by atoms with Crippen LogP contribution in [0.5, 0.6) is 0 Å². The second kappa shape index (κ2) is 4.03. The van der Waals surface area contributed by atoms with Gasteiger partial charge < -0.3 is 4.42 Å². The highest BCUT2D eigenvalue weighted by molar-refractivity contribution is 5.20. The SMILES string of the molecule is CC(C)(C)CCc1cc(C(C)(C)C)co1. The Morgan fingerprint density at radius 3 is 2.07 bits per heavy atom. The predicted octanol–water partition coefficient (Wildman–Crippen LogP) is 4.56. The fourth-order valence-electron chi connectivity index (χ4n) is 1.40. The lowest BCUT2D eigenvalue weighted by atomic mass is 9.87. The van der Waals surface area contributed by atoms with Crippen LogP contribution >= 0.6 is 0 Å². The van der Waals surface area contributed by atoms with Crippen molar-refractivity contribution in [3.05, 3.63) is 23.7 Å². The molecule has 0 aliphatic carbocycles. The summed E-state index contributed by atoms with van der Waals surface area (Å²) in [5.74, 6) is 1.12. The summed E-state index contributed by atoms with van der Waals surface area (Å²) in [5, 5.41) is 0. The summed E-state index contributed by atoms with van der Waals surface area (Å²) in [6, 6.07) is 2.20. The van der Waals surface area contributed by atoms with Crippen LogP contribution in [0.4, 0.5) is 0 Å². The van der Waals surface area contributed by atoms with Crippen LogP contribution < -0.4 is 0 Å². The minimum Gasteiger partial charge on any atom is -0.469 e. The van der Waals surface area contributed by atoms with Crippen molar-refractivity contribution >= 4 is 0 Å². The fourth-order valence-corrected chi connectivity index (χ4v) is 1.40. The molecule has 1 aromatic rings. The van der Waals surface area contributed by atoms with Gasteiger partial charge in [0.1, 0.15) is 5.76 Å². The molecule has 0 aliphatic heterocycles. The average Bonchev–Trinajstić information content (AvgIpc) is 2.45. The van der Waals surface area contributed by atoms with Crippen molar-refractivity contribution in [3.8, 4) is 0 Å². The second-order valence-electron chi connectivity index (χ2n) is 6.61. The van der Waals surface area contributed by atoms with Crippen molar-refractivity contribution in [1.29, 1.82) is 0 Å². The maximum atomic E-state index is 5.59. The Morgan fingerprint density at radius 1 is 1.07 bits per heavy atom. The summed E-state index contributed by atoms with van der Waals surface area (Å²) < 4.78 is 5.59. The molecule has 1 rings (SSSR count). The predicted molar refractivity (Wildman–Crippen MR) is 65.2 cm³/mol. The number of hydrogen-bond acceptors (Lipinski definition) is 1. The molecule has 0 bridgehead atoms. The monoisotopic (exact) mass is 208 g/mol. The van der Waals surface area contributed by atoms with E-state index in [4.69, 9.17) is 4.42 Å². The quantitative estimate of drug-likeness (QED) is 0.694. The summed E-state index contributed by atoms with van der Waals surface area (Å²) in [6.45, 7) is 13.4. The van der Waals surface area contributed by atoms with Crippen molar-refractivity contribution in [2.75, 3.05) is 0 Å². The zero-order valence-corrected chi connectivity index (χ0v) is 11.0. The fraction of sp³-hybridized carbons (Fsp3) is 0.714. The van der Waals surface area contributed by atoms with Crippen molar-refractivity contribution in [1.82, 2.24) is 0 Å². The highest BCUT2D eigenvalue weighted by Gasteiger charge is 2.17. The maximum Gasteiger partial charge on any atom is 0.104 e. The van der Waals surface area contributed by atoms with Crippen LogP contribution in [0.3, 0.4) is 0 Å². The van der Waals surface area contributed by atoms with Crippen LogP contribution in [-0.4, -0.2) is 0 Å². The largest absolute Gasteiger partial charge is 0.469 e. The van der Waals surface area contributed by atoms with Gasteiger partial charge in [0, 0.05) is 6.42 Å². The molecule has 0 radical (unpaired) electrons. The summed E-state index contributed by atoms with van der Waals surface area (Å²) in [6.07, 6.45) is 4.11. The summed E-state index contributed by atoms with van der Waals surface area (Å²) in [5.41, 5.74) is 1.88. The van der Waals surface area contributed by atoms with Crippen molar-refractivity contribution in [2.24, 2.45) is 5.41 Å². The molecule has 1 aromatic heterocycles. The first-order valence-electron chi connectivity index (χ1n) is 5.76. The molecule has 0 aromatic carbocycles. The normalized spacial score (nSPS) is 13.2. The van der Waals surface area contributed by atoms with E-state index in [0.29, 0.717) is 5.41 Å². The first kappa shape index (κ1) is 12.4. The Labute approximate surface area is 93.9 Å². The highest BCUT2D eigenvalue weighted by Crippen LogP contribution is 2.27. The van der Waals surface area contributed by atoms with E-state index in [-0.39, 0.29) is 5.41 Å². The van der Waals surface area contributed by atoms with Gasteiger partial charge in [0.25, 0.3) is 0 Å². The molecule has 15 heavy (non-hydrogen) atoms. The van der Waals surface area contributed by atoms with Gasteiger partial charge in [0.2, 0.25) is 0 Å². The Kier molecular flexibility index (Phi) is 3.32. The minimum absolute atomic E-state index is 0.198. The Hall–Kier alpha value is -0.720. The van der Waals surface area contributed by atoms with E-state index in [1.165, 1.54) is 12.0 Å². The van der Waals surface area contributed by atoms with E-state index < -0.39 is 0 Å². The van der Waals surface area contributed by atoms with Gasteiger partial charge in [-0.2, -0.15) is 0 Å². The van der Waals surface area contributed by atoms with Gasteiger partial charge in [-0.25, -0.2) is 0 Å². The van der Waals surface area contributed by atoms with E-state index in [1.807, 2.05) is 6.26 Å². The Morgan fingerprint density at radius 2 is 1.67 bits per heavy atom. The van der Waals surface area contributed by atoms with E-state index in [0.717, 1.165) is 12.2 Å². The first-order chi connectivity index (χ1) is 6.68. The van der Waals surface area contributed by atoms with Gasteiger partial charge in [-0.05, 0) is 28.9 Å². The molecule has 1 heteroatoms. The number of aryl methyl sites for hydroxylation is 1. The lowest BCUT2D eigenvalue weighted by Crippen LogP contribution is -2.09. The van der Waals surface area contributed by atoms with Crippen LogP contribution in [0.25, 0.3) is 0 Å². The lowest BCUT2D eigenvalue weighted by molar-refractivity contribution is 0.359. The molecule has 0 fully saturated rings. The molecular formula is C14H24O. The van der Waals surface area contributed by atoms with Gasteiger partial charge in [0.05, 0.1) is 6.26 Å². The molecule has 0 saturated heterocycles. The molecule has 0 saturated carbocycles. The minimum atomic E-state index is 0.198. The third-order valence-corrected chi connectivity index (χ3v) is 2.64. The third-order valence-electron chi connectivity index (χ3n) is 2.64. The van der Waals surface area contributed by atoms with Crippen LogP contribution in [-0.2, 0) is 11.8 Å². The van der Waals surface area contributed by atoms with Gasteiger partial charge in [-0.3, -0.25) is 0 Å². The summed E-state index contributed by atoms with van der Waals surface area (Å²) >= 11 is 0. The van der Waals surface area contributed by atoms with Gasteiger partial charge >= 0.3 is 0 Å². The third kappa shape index (κ3) is 4.11. The molecule has 0 N–H and O–H groups in total. The van der Waals surface area contributed by atoms with Crippen molar-refractivity contribution in [2.45, 2.75) is 59.8 Å². The van der Waals surface area contributed by atoms with Crippen molar-refractivity contribution in [3.63, 3.8) is 0 Å². The van der Waals surface area contributed by atoms with E-state index >= 15 is 0 Å². The van der Waals surface area contributed by atoms with E-state index in [1.54, 1.807) is 0 Å². The van der Waals surface area contributed by atoms with Gasteiger partial charge in [0.15, 0.2) is 0 Å². The molecule has 0 atom stereocenters. The van der Waals surface area contributed by atoms with Crippen molar-refractivity contribution < 1.29 is 4.42 Å². The highest BCUT2D eigenvalue weighted by atomic mass is 16.3. The molecule has 0 amide bonds. The maximum absolute atomic E-state index is 5.59. The number of hydrogen-bond donors (Lipinski definition) is 0. The summed E-state index contributed by atoms with van der Waals surface area (Å²) in [7, 11) is 0. The second-order valence-corrected chi connectivity index (χ2v) is 6.61. The van der Waals surface area contributed by atoms with E-state index in [9.17, 15) is 0 Å². The lowest BCUT2D eigenvalue weighted by Gasteiger charge is -2.16. The molecule has 1 heterocycles. The molecule has 1 nitrogen and oxygen atoms in total. The van der Waals surface area contributed by atoms with Crippen LogP contribution in [0, 0.1) is 5.41 Å². The summed E-state index contributed by atoms with van der Waals surface area (Å²) in [4.78, 5) is 0. The molecule has 0 unspecified atom stereocenters. The molecule has 0 aliphatic rings. The zero-order valence-electron chi connectivity index (χ0n) is 11.0. The Balaban J connectivity index is 2.62. The molecule has 0 spiro atoms. The topological polar surface area (TPSA) is 13.1 Å². The first-order valence-corrected chi connectivity index (χ1v) is 5.76. The van der Waals surface area contributed by atoms with E-state index in [2.05, 4.69) is 47.6 Å². The van der Waals surface area contributed by atoms with Crippen LogP contribution in [0.15, 0.2) is 16.7 Å². The van der Waals surface area contributed by atoms with Gasteiger partial charge in [-0.15, -0.1) is 0 Å². The van der Waals surface area contributed by atoms with Crippen LogP contribution in [0.2, 0.25) is 0 Å².